The van der Waals surface area contributed by atoms with E-state index in [2.05, 4.69) is 116 Å². The van der Waals surface area contributed by atoms with Crippen LogP contribution in [0.5, 0.6) is 0 Å². The van der Waals surface area contributed by atoms with E-state index >= 15 is 0 Å². The molecular weight excluding hydrogens is 480 g/mol. The first kappa shape index (κ1) is 22.9. The molecule has 0 radical (unpaired) electrons. The molecular formula is C35H28N2S. The number of aromatic nitrogens is 1. The molecule has 0 amide bonds. The summed E-state index contributed by atoms with van der Waals surface area (Å²) in [5, 5.41) is 5.00. The van der Waals surface area contributed by atoms with Crippen LogP contribution < -0.4 is 0 Å². The van der Waals surface area contributed by atoms with Crippen molar-refractivity contribution in [2.45, 2.75) is 20.3 Å². The third-order valence-corrected chi connectivity index (χ3v) is 8.62. The zero-order chi connectivity index (χ0) is 25.8. The molecule has 1 aliphatic rings. The molecule has 3 heteroatoms. The Morgan fingerprint density at radius 1 is 0.895 bits per heavy atom. The molecule has 4 aromatic carbocycles. The Kier molecular flexibility index (Phi) is 5.41. The van der Waals surface area contributed by atoms with E-state index < -0.39 is 0 Å². The summed E-state index contributed by atoms with van der Waals surface area (Å²) in [5.74, 6) is 0.568. The number of benzene rings is 4. The molecule has 184 valence electrons. The van der Waals surface area contributed by atoms with E-state index in [1.807, 2.05) is 12.3 Å². The van der Waals surface area contributed by atoms with Crippen LogP contribution in [0.2, 0.25) is 0 Å². The van der Waals surface area contributed by atoms with Crippen molar-refractivity contribution < 1.29 is 4.58 Å². The Balaban J connectivity index is 1.54. The molecule has 0 spiro atoms. The highest BCUT2D eigenvalue weighted by molar-refractivity contribution is 7.25. The van der Waals surface area contributed by atoms with Gasteiger partial charge in [-0.25, -0.2) is 4.98 Å². The summed E-state index contributed by atoms with van der Waals surface area (Å²) in [6, 6.07) is 33.9. The molecule has 0 saturated heterocycles. The first-order valence-electron chi connectivity index (χ1n) is 13.2. The van der Waals surface area contributed by atoms with E-state index in [1.165, 1.54) is 54.1 Å². The Morgan fingerprint density at radius 3 is 2.53 bits per heavy atom. The van der Waals surface area contributed by atoms with Crippen LogP contribution in [0, 0.1) is 12.0 Å². The number of fused-ring (bicyclic) bond motifs is 6. The summed E-state index contributed by atoms with van der Waals surface area (Å²) in [5.41, 5.74) is 7.38. The van der Waals surface area contributed by atoms with E-state index in [-0.39, 0.29) is 0 Å². The van der Waals surface area contributed by atoms with Crippen LogP contribution >= 0.6 is 11.3 Å². The van der Waals surface area contributed by atoms with Gasteiger partial charge in [-0.05, 0) is 52.3 Å². The normalized spacial score (nSPS) is 13.5. The Hall–Kier alpha value is -4.21. The van der Waals surface area contributed by atoms with Gasteiger partial charge in [-0.15, -0.1) is 17.2 Å². The van der Waals surface area contributed by atoms with Crippen LogP contribution in [0.4, 0.5) is 5.69 Å². The molecule has 0 aliphatic carbocycles. The topological polar surface area (TPSA) is 15.9 Å². The van der Waals surface area contributed by atoms with Gasteiger partial charge in [0.15, 0.2) is 11.3 Å². The van der Waals surface area contributed by atoms with Crippen LogP contribution in [0.3, 0.4) is 0 Å². The second-order valence-corrected chi connectivity index (χ2v) is 11.5. The fourth-order valence-corrected chi connectivity index (χ4v) is 6.95. The predicted octanol–water partition coefficient (Wildman–Crippen LogP) is 9.17. The fraction of sp³-hybridized carbons (Fsp3) is 0.114. The Morgan fingerprint density at radius 2 is 1.68 bits per heavy atom. The predicted molar refractivity (Wildman–Crippen MR) is 163 cm³/mol. The zero-order valence-electron chi connectivity index (χ0n) is 21.6. The van der Waals surface area contributed by atoms with Gasteiger partial charge in [0.2, 0.25) is 0 Å². The highest BCUT2D eigenvalue weighted by Gasteiger charge is 2.27. The monoisotopic (exact) mass is 508 g/mol. The van der Waals surface area contributed by atoms with Crippen molar-refractivity contribution in [1.29, 1.82) is 0 Å². The molecule has 38 heavy (non-hydrogen) atoms. The molecule has 0 atom stereocenters. The maximum absolute atomic E-state index is 4.71. The maximum Gasteiger partial charge on any atom is 0.316 e. The first-order valence-corrected chi connectivity index (χ1v) is 14.0. The van der Waals surface area contributed by atoms with Crippen molar-refractivity contribution in [3.8, 4) is 0 Å². The largest absolute Gasteiger partial charge is 0.330 e. The summed E-state index contributed by atoms with van der Waals surface area (Å²) < 4.78 is 3.41. The second-order valence-electron chi connectivity index (χ2n) is 10.5. The second kappa shape index (κ2) is 8.97. The molecule has 6 aromatic rings. The van der Waals surface area contributed by atoms with Gasteiger partial charge in [0, 0.05) is 12.9 Å². The molecule has 0 unspecified atom stereocenters. The van der Waals surface area contributed by atoms with Crippen LogP contribution in [-0.4, -0.2) is 16.3 Å². The fourth-order valence-electron chi connectivity index (χ4n) is 5.81. The van der Waals surface area contributed by atoms with E-state index in [9.17, 15) is 0 Å². The molecule has 2 aromatic heterocycles. The van der Waals surface area contributed by atoms with Gasteiger partial charge in [-0.1, -0.05) is 97.8 Å². The summed E-state index contributed by atoms with van der Waals surface area (Å²) in [7, 11) is 0. The third-order valence-electron chi connectivity index (χ3n) is 7.45. The summed E-state index contributed by atoms with van der Waals surface area (Å²) in [6.07, 6.45) is 5.27. The van der Waals surface area contributed by atoms with Crippen molar-refractivity contribution in [3.05, 3.63) is 132 Å². The molecule has 3 heterocycles. The van der Waals surface area contributed by atoms with Gasteiger partial charge in [-0.3, -0.25) is 0 Å². The SMILES string of the molecule is C=[N+]1c2ccc3ccccc3c2C(c2ccccc2)=C[C-]1c1cc(CC(C)C)cc2c3cccnc3[s+][c-]12. The van der Waals surface area contributed by atoms with Crippen LogP contribution in [0.1, 0.15) is 36.1 Å². The number of thiophene rings is 1. The van der Waals surface area contributed by atoms with Crippen molar-refractivity contribution in [2.24, 2.45) is 5.92 Å². The van der Waals surface area contributed by atoms with Gasteiger partial charge in [0.25, 0.3) is 0 Å². The quantitative estimate of drug-likeness (QED) is 0.132. The first-order chi connectivity index (χ1) is 18.6. The van der Waals surface area contributed by atoms with E-state index in [4.69, 9.17) is 4.98 Å². The zero-order valence-corrected chi connectivity index (χ0v) is 22.4. The minimum absolute atomic E-state index is 0.568. The summed E-state index contributed by atoms with van der Waals surface area (Å²) in [6.45, 7) is 9.19. The number of nitrogens with zero attached hydrogens (tertiary/aromatic N) is 2. The standard InChI is InChI=1S/C35H28N2S/c1-22(2)18-23-19-29-27-14-9-17-36-35(27)38-34(29)30(20-23)32-21-28(24-10-5-4-6-11-24)33-26-13-8-7-12-25(26)15-16-31(33)37(32)3/h4-17,19-22H,3,18H2,1-2H3. The number of hydrogen-bond donors (Lipinski definition) is 0. The van der Waals surface area contributed by atoms with Crippen LogP contribution in [0.25, 0.3) is 36.6 Å². The van der Waals surface area contributed by atoms with Gasteiger partial charge in [0.05, 0.1) is 11.4 Å². The molecule has 0 bridgehead atoms. The molecule has 0 fully saturated rings. The number of rotatable bonds is 4. The number of hydrogen-bond acceptors (Lipinski definition) is 1. The highest BCUT2D eigenvalue weighted by Crippen LogP contribution is 2.47. The van der Waals surface area contributed by atoms with Crippen LogP contribution in [-0.2, 0) is 6.42 Å². The lowest BCUT2D eigenvalue weighted by atomic mass is 9.85. The maximum atomic E-state index is 4.71. The van der Waals surface area contributed by atoms with E-state index in [0.717, 1.165) is 23.0 Å². The molecule has 0 saturated carbocycles. The van der Waals surface area contributed by atoms with Gasteiger partial charge in [0.1, 0.15) is 10.4 Å². The van der Waals surface area contributed by atoms with Crippen LogP contribution in [0.15, 0.2) is 103 Å². The van der Waals surface area contributed by atoms with Crippen molar-refractivity contribution in [1.82, 2.24) is 4.98 Å². The molecule has 7 rings (SSSR count). The Labute approximate surface area is 227 Å². The Bertz CT molecular complexity index is 1890. The third kappa shape index (κ3) is 3.66. The van der Waals surface area contributed by atoms with Gasteiger partial charge >= 0.3 is 4.83 Å². The minimum atomic E-state index is 0.568. The molecule has 1 aliphatic heterocycles. The van der Waals surface area contributed by atoms with E-state index in [0.29, 0.717) is 5.92 Å². The summed E-state index contributed by atoms with van der Waals surface area (Å²) >= 11 is 1.78. The average molecular weight is 509 g/mol. The van der Waals surface area contributed by atoms with Crippen molar-refractivity contribution in [2.75, 3.05) is 0 Å². The van der Waals surface area contributed by atoms with Crippen molar-refractivity contribution in [3.63, 3.8) is 0 Å². The molecule has 0 N–H and O–H groups in total. The van der Waals surface area contributed by atoms with Gasteiger partial charge < -0.3 is 4.58 Å². The lowest BCUT2D eigenvalue weighted by Crippen LogP contribution is -2.18. The average Bonchev–Trinajstić information content (AvgIpc) is 3.32. The highest BCUT2D eigenvalue weighted by atomic mass is 32.1. The van der Waals surface area contributed by atoms with E-state index in [1.54, 1.807) is 11.3 Å². The lowest BCUT2D eigenvalue weighted by Gasteiger charge is -2.33. The molecule has 2 nitrogen and oxygen atoms in total. The number of pyridine rings is 1. The minimum Gasteiger partial charge on any atom is -0.330 e. The smallest absolute Gasteiger partial charge is 0.316 e. The summed E-state index contributed by atoms with van der Waals surface area (Å²) in [4.78, 5) is 5.79. The lowest BCUT2D eigenvalue weighted by molar-refractivity contribution is -0.400. The van der Waals surface area contributed by atoms with Crippen molar-refractivity contribution >= 4 is 60.4 Å². The van der Waals surface area contributed by atoms with Gasteiger partial charge in [-0.2, -0.15) is 0 Å².